The van der Waals surface area contributed by atoms with Crippen LogP contribution in [0.1, 0.15) is 47.2 Å². The summed E-state index contributed by atoms with van der Waals surface area (Å²) in [7, 11) is -0.919. The fraction of sp³-hybridized carbons (Fsp3) is 0.440. The quantitative estimate of drug-likeness (QED) is 0.455. The number of fused-ring (bicyclic) bond motifs is 1. The second-order valence-electron chi connectivity index (χ2n) is 8.59. The number of sulfonamides is 1. The average Bonchev–Trinajstić information content (AvgIpc) is 2.88. The van der Waals surface area contributed by atoms with E-state index >= 15 is 0 Å². The Morgan fingerprint density at radius 2 is 1.62 bits per heavy atom. The van der Waals surface area contributed by atoms with E-state index in [1.165, 1.54) is 42.3 Å². The summed E-state index contributed by atoms with van der Waals surface area (Å²) in [5.41, 5.74) is 2.64. The lowest BCUT2D eigenvalue weighted by molar-refractivity contribution is -0.140. The van der Waals surface area contributed by atoms with E-state index < -0.39 is 27.9 Å². The van der Waals surface area contributed by atoms with Crippen molar-refractivity contribution >= 4 is 22.0 Å². The van der Waals surface area contributed by atoms with E-state index in [4.69, 9.17) is 14.2 Å². The molecular formula is C25H29NO7S. The van der Waals surface area contributed by atoms with Crippen LogP contribution in [0.5, 0.6) is 11.5 Å². The molecule has 0 atom stereocenters. The average molecular weight is 488 g/mol. The molecular weight excluding hydrogens is 458 g/mol. The largest absolute Gasteiger partial charge is 0.493 e. The van der Waals surface area contributed by atoms with Crippen LogP contribution in [0.15, 0.2) is 41.3 Å². The van der Waals surface area contributed by atoms with E-state index in [0.717, 1.165) is 31.2 Å². The molecule has 1 saturated heterocycles. The van der Waals surface area contributed by atoms with Gasteiger partial charge in [0, 0.05) is 13.1 Å². The first kappa shape index (κ1) is 24.2. The van der Waals surface area contributed by atoms with Crippen LogP contribution in [0.4, 0.5) is 0 Å². The second kappa shape index (κ2) is 10.1. The summed E-state index contributed by atoms with van der Waals surface area (Å²) in [6, 6.07) is 9.87. The van der Waals surface area contributed by atoms with Crippen molar-refractivity contribution in [1.82, 2.24) is 4.31 Å². The third-order valence-electron chi connectivity index (χ3n) is 6.54. The van der Waals surface area contributed by atoms with E-state index in [0.29, 0.717) is 17.7 Å². The van der Waals surface area contributed by atoms with Crippen molar-refractivity contribution < 1.29 is 32.2 Å². The Bertz CT molecular complexity index is 1180. The Morgan fingerprint density at radius 3 is 2.29 bits per heavy atom. The van der Waals surface area contributed by atoms with Gasteiger partial charge in [-0.1, -0.05) is 6.07 Å². The van der Waals surface area contributed by atoms with Crippen LogP contribution in [-0.4, -0.2) is 52.0 Å². The van der Waals surface area contributed by atoms with E-state index in [1.54, 1.807) is 6.07 Å². The SMILES string of the molecule is COC(=O)c1ccc(OC(=O)C2CCN(S(=O)(=O)c3ccc4c(c3)CCCC4)CC2)c(OC)c1. The fourth-order valence-electron chi connectivity index (χ4n) is 4.54. The summed E-state index contributed by atoms with van der Waals surface area (Å²) in [6.45, 7) is 0.495. The van der Waals surface area contributed by atoms with Gasteiger partial charge in [0.25, 0.3) is 0 Å². The Balaban J connectivity index is 1.40. The summed E-state index contributed by atoms with van der Waals surface area (Å²) in [6.07, 6.45) is 4.87. The maximum Gasteiger partial charge on any atom is 0.337 e. The van der Waals surface area contributed by atoms with Crippen molar-refractivity contribution in [2.75, 3.05) is 27.3 Å². The Hall–Kier alpha value is -2.91. The van der Waals surface area contributed by atoms with Crippen LogP contribution in [0.2, 0.25) is 0 Å². The van der Waals surface area contributed by atoms with Crippen LogP contribution >= 0.6 is 0 Å². The van der Waals surface area contributed by atoms with E-state index in [-0.39, 0.29) is 30.2 Å². The highest BCUT2D eigenvalue weighted by atomic mass is 32.2. The standard InChI is InChI=1S/C25H29NO7S/c1-31-23-16-20(24(27)32-2)8-10-22(23)33-25(28)18-11-13-26(14-12-18)34(29,30)21-9-7-17-5-3-4-6-19(17)15-21/h7-10,15-16,18H,3-6,11-14H2,1-2H3. The van der Waals surface area contributed by atoms with Gasteiger partial charge in [-0.3, -0.25) is 4.79 Å². The van der Waals surface area contributed by atoms with Gasteiger partial charge in [-0.25, -0.2) is 13.2 Å². The van der Waals surface area contributed by atoms with Gasteiger partial charge in [0.15, 0.2) is 11.5 Å². The van der Waals surface area contributed by atoms with Gasteiger partial charge in [0.05, 0.1) is 30.6 Å². The number of nitrogens with zero attached hydrogens (tertiary/aromatic N) is 1. The highest BCUT2D eigenvalue weighted by Crippen LogP contribution is 2.32. The van der Waals surface area contributed by atoms with Crippen LogP contribution in [-0.2, 0) is 32.4 Å². The molecule has 0 amide bonds. The topological polar surface area (TPSA) is 99.2 Å². The predicted octanol–water partition coefficient (Wildman–Crippen LogP) is 3.37. The van der Waals surface area contributed by atoms with E-state index in [1.807, 2.05) is 12.1 Å². The van der Waals surface area contributed by atoms with Crippen LogP contribution in [0.3, 0.4) is 0 Å². The molecule has 0 aromatic heterocycles. The van der Waals surface area contributed by atoms with Gasteiger partial charge < -0.3 is 14.2 Å². The number of esters is 2. The van der Waals surface area contributed by atoms with Gasteiger partial charge in [-0.15, -0.1) is 0 Å². The van der Waals surface area contributed by atoms with Gasteiger partial charge >= 0.3 is 11.9 Å². The number of benzene rings is 2. The molecule has 9 heteroatoms. The lowest BCUT2D eigenvalue weighted by Gasteiger charge is -2.30. The molecule has 2 aromatic rings. The normalized spacial score (nSPS) is 17.0. The first-order chi connectivity index (χ1) is 16.3. The fourth-order valence-corrected chi connectivity index (χ4v) is 6.06. The zero-order valence-electron chi connectivity index (χ0n) is 19.4. The van der Waals surface area contributed by atoms with Crippen LogP contribution < -0.4 is 9.47 Å². The lowest BCUT2D eigenvalue weighted by atomic mass is 9.92. The van der Waals surface area contributed by atoms with Gasteiger partial charge in [0.1, 0.15) is 0 Å². The lowest BCUT2D eigenvalue weighted by Crippen LogP contribution is -2.41. The van der Waals surface area contributed by atoms with Gasteiger partial charge in [-0.2, -0.15) is 4.31 Å². The molecule has 2 aromatic carbocycles. The van der Waals surface area contributed by atoms with Crippen LogP contribution in [0, 0.1) is 5.92 Å². The minimum Gasteiger partial charge on any atom is -0.493 e. The van der Waals surface area contributed by atoms with Crippen molar-refractivity contribution in [3.63, 3.8) is 0 Å². The number of aryl methyl sites for hydroxylation is 2. The van der Waals surface area contributed by atoms with Gasteiger partial charge in [-0.05, 0) is 80.0 Å². The molecule has 0 saturated carbocycles. The third kappa shape index (κ3) is 4.95. The minimum absolute atomic E-state index is 0.198. The molecule has 2 aliphatic rings. The molecule has 0 N–H and O–H groups in total. The molecule has 1 aliphatic carbocycles. The maximum atomic E-state index is 13.2. The van der Waals surface area contributed by atoms with Crippen LogP contribution in [0.25, 0.3) is 0 Å². The first-order valence-corrected chi connectivity index (χ1v) is 12.9. The second-order valence-corrected chi connectivity index (χ2v) is 10.5. The first-order valence-electron chi connectivity index (χ1n) is 11.4. The number of rotatable bonds is 6. The van der Waals surface area contributed by atoms with Crippen molar-refractivity contribution in [2.45, 2.75) is 43.4 Å². The van der Waals surface area contributed by atoms with Crippen molar-refractivity contribution in [3.05, 3.63) is 53.1 Å². The summed E-state index contributed by atoms with van der Waals surface area (Å²) < 4.78 is 43.3. The number of hydrogen-bond donors (Lipinski definition) is 0. The number of ether oxygens (including phenoxy) is 3. The summed E-state index contributed by atoms with van der Waals surface area (Å²) in [4.78, 5) is 24.8. The monoisotopic (exact) mass is 487 g/mol. The van der Waals surface area contributed by atoms with Gasteiger partial charge in [0.2, 0.25) is 10.0 Å². The number of carbonyl (C=O) groups excluding carboxylic acids is 2. The maximum absolute atomic E-state index is 13.2. The number of hydrogen-bond acceptors (Lipinski definition) is 7. The molecule has 4 rings (SSSR count). The summed E-state index contributed by atoms with van der Waals surface area (Å²) in [5.74, 6) is -0.966. The summed E-state index contributed by atoms with van der Waals surface area (Å²) >= 11 is 0. The molecule has 34 heavy (non-hydrogen) atoms. The van der Waals surface area contributed by atoms with E-state index in [2.05, 4.69) is 0 Å². The third-order valence-corrected chi connectivity index (χ3v) is 8.43. The zero-order chi connectivity index (χ0) is 24.3. The smallest absolute Gasteiger partial charge is 0.337 e. The Kier molecular flexibility index (Phi) is 7.23. The molecule has 0 radical (unpaired) electrons. The molecule has 1 fully saturated rings. The zero-order valence-corrected chi connectivity index (χ0v) is 20.2. The number of piperidine rings is 1. The molecule has 1 heterocycles. The molecule has 0 unspecified atom stereocenters. The number of methoxy groups -OCH3 is 2. The number of carbonyl (C=O) groups is 2. The minimum atomic E-state index is -3.61. The summed E-state index contributed by atoms with van der Waals surface area (Å²) in [5, 5.41) is 0. The molecule has 0 spiro atoms. The molecule has 0 bridgehead atoms. The Labute approximate surface area is 199 Å². The van der Waals surface area contributed by atoms with Crippen molar-refractivity contribution in [2.24, 2.45) is 5.92 Å². The highest BCUT2D eigenvalue weighted by Gasteiger charge is 2.33. The molecule has 1 aliphatic heterocycles. The highest BCUT2D eigenvalue weighted by molar-refractivity contribution is 7.89. The predicted molar refractivity (Wildman–Crippen MR) is 125 cm³/mol. The van der Waals surface area contributed by atoms with Crippen molar-refractivity contribution in [3.8, 4) is 11.5 Å². The van der Waals surface area contributed by atoms with Crippen molar-refractivity contribution in [1.29, 1.82) is 0 Å². The Morgan fingerprint density at radius 1 is 0.912 bits per heavy atom. The van der Waals surface area contributed by atoms with E-state index in [9.17, 15) is 18.0 Å². The molecule has 182 valence electrons. The molecule has 8 nitrogen and oxygen atoms in total.